The van der Waals surface area contributed by atoms with Gasteiger partial charge in [0.05, 0.1) is 13.1 Å². The van der Waals surface area contributed by atoms with Crippen LogP contribution >= 0.6 is 0 Å². The van der Waals surface area contributed by atoms with Crippen LogP contribution < -0.4 is 0 Å². The lowest BCUT2D eigenvalue weighted by atomic mass is 9.74. The molecule has 5 rings (SSSR count). The Balaban J connectivity index is 1.65. The minimum Gasteiger partial charge on any atom is -0.632 e. The maximum absolute atomic E-state index is 13.2. The molecule has 0 amide bonds. The standard InChI is InChI=1S/C21H22N2O/c24-23-9-3-6-15-11-18(12-16(21(15)23)7-4-10-23)20-14-22-13-17-5-1-2-8-19(17)20/h1-2,5,8,11-15,21H,3-4,6-7,9-10H2. The zero-order valence-corrected chi connectivity index (χ0v) is 13.8. The Morgan fingerprint density at radius 3 is 2.92 bits per heavy atom. The third-order valence-corrected chi connectivity index (χ3v) is 6.08. The van der Waals surface area contributed by atoms with Gasteiger partial charge >= 0.3 is 0 Å². The Morgan fingerprint density at radius 1 is 1.08 bits per heavy atom. The summed E-state index contributed by atoms with van der Waals surface area (Å²) in [6.07, 6.45) is 12.9. The van der Waals surface area contributed by atoms with Crippen LogP contribution in [0.15, 0.2) is 54.4 Å². The molecule has 3 nitrogen and oxygen atoms in total. The van der Waals surface area contributed by atoms with Gasteiger partial charge in [-0.25, -0.2) is 0 Å². The normalized spacial score (nSPS) is 32.0. The number of hydrogen-bond donors (Lipinski definition) is 0. The summed E-state index contributed by atoms with van der Waals surface area (Å²) in [6.45, 7) is 1.61. The average molecular weight is 318 g/mol. The van der Waals surface area contributed by atoms with Gasteiger partial charge in [0.2, 0.25) is 0 Å². The van der Waals surface area contributed by atoms with Crippen molar-refractivity contribution in [2.75, 3.05) is 13.1 Å². The Morgan fingerprint density at radius 2 is 1.96 bits per heavy atom. The number of nitrogens with zero attached hydrogens (tertiary/aromatic N) is 2. The lowest BCUT2D eigenvalue weighted by molar-refractivity contribution is -0.912. The molecule has 122 valence electrons. The van der Waals surface area contributed by atoms with Crippen LogP contribution in [0.1, 0.15) is 31.2 Å². The maximum atomic E-state index is 13.2. The van der Waals surface area contributed by atoms with Crippen molar-refractivity contribution in [3.05, 3.63) is 65.2 Å². The van der Waals surface area contributed by atoms with Crippen LogP contribution in [0.2, 0.25) is 0 Å². The minimum absolute atomic E-state index is 0.0219. The van der Waals surface area contributed by atoms with E-state index in [4.69, 9.17) is 0 Å². The summed E-state index contributed by atoms with van der Waals surface area (Å²) in [5.41, 5.74) is 3.86. The lowest BCUT2D eigenvalue weighted by Crippen LogP contribution is -2.60. The molecule has 2 saturated heterocycles. The molecule has 0 bridgehead atoms. The third-order valence-electron chi connectivity index (χ3n) is 6.08. The largest absolute Gasteiger partial charge is 0.632 e. The molecule has 0 N–H and O–H groups in total. The van der Waals surface area contributed by atoms with Gasteiger partial charge in [0.1, 0.15) is 6.04 Å². The monoisotopic (exact) mass is 318 g/mol. The number of aromatic nitrogens is 1. The topological polar surface area (TPSA) is 36.0 Å². The van der Waals surface area contributed by atoms with Crippen molar-refractivity contribution in [3.63, 3.8) is 0 Å². The summed E-state index contributed by atoms with van der Waals surface area (Å²) in [5.74, 6) is 0.394. The van der Waals surface area contributed by atoms with Gasteiger partial charge in [0.25, 0.3) is 0 Å². The van der Waals surface area contributed by atoms with Crippen molar-refractivity contribution in [2.24, 2.45) is 5.92 Å². The molecule has 24 heavy (non-hydrogen) atoms. The molecule has 2 aliphatic heterocycles. The fourth-order valence-corrected chi connectivity index (χ4v) is 5.09. The van der Waals surface area contributed by atoms with E-state index in [1.54, 1.807) is 0 Å². The number of fused-ring (bicyclic) bond motifs is 1. The third kappa shape index (κ3) is 2.08. The molecule has 0 saturated carbocycles. The fourth-order valence-electron chi connectivity index (χ4n) is 5.09. The van der Waals surface area contributed by atoms with Crippen molar-refractivity contribution in [2.45, 2.75) is 31.7 Å². The molecule has 2 fully saturated rings. The summed E-state index contributed by atoms with van der Waals surface area (Å²) >= 11 is 0. The molecule has 3 unspecified atom stereocenters. The van der Waals surface area contributed by atoms with Gasteiger partial charge in [-0.3, -0.25) is 4.98 Å². The molecule has 1 aromatic heterocycles. The second kappa shape index (κ2) is 5.27. The van der Waals surface area contributed by atoms with Gasteiger partial charge in [-0.05, 0) is 41.9 Å². The van der Waals surface area contributed by atoms with Gasteiger partial charge in [0, 0.05) is 35.7 Å². The van der Waals surface area contributed by atoms with Crippen LogP contribution in [0.3, 0.4) is 0 Å². The van der Waals surface area contributed by atoms with E-state index in [1.807, 2.05) is 12.4 Å². The summed E-state index contributed by atoms with van der Waals surface area (Å²) < 4.78 is 0.0219. The molecule has 3 atom stereocenters. The highest BCUT2D eigenvalue weighted by molar-refractivity contribution is 5.95. The first-order valence-electron chi connectivity index (χ1n) is 9.08. The fraction of sp³-hybridized carbons (Fsp3) is 0.381. The SMILES string of the molecule is [O-][N+]12CCCC3=CC(c4cncc5ccccc45)=CC(CCC1)C32. The molecule has 3 heteroatoms. The van der Waals surface area contributed by atoms with E-state index in [9.17, 15) is 5.21 Å². The average Bonchev–Trinajstić information content (AvgIpc) is 2.61. The maximum Gasteiger partial charge on any atom is 0.117 e. The molecule has 1 aliphatic carbocycles. The molecule has 0 spiro atoms. The first kappa shape index (κ1) is 14.4. The number of pyridine rings is 1. The Hall–Kier alpha value is -1.97. The van der Waals surface area contributed by atoms with Gasteiger partial charge in [0.15, 0.2) is 0 Å². The second-order valence-electron chi connectivity index (χ2n) is 7.50. The van der Waals surface area contributed by atoms with Crippen molar-refractivity contribution in [1.29, 1.82) is 0 Å². The molecule has 1 aromatic carbocycles. The van der Waals surface area contributed by atoms with Gasteiger partial charge in [-0.15, -0.1) is 0 Å². The van der Waals surface area contributed by atoms with Crippen LogP contribution in [-0.2, 0) is 0 Å². The molecule has 0 radical (unpaired) electrons. The van der Waals surface area contributed by atoms with E-state index in [1.165, 1.54) is 27.5 Å². The van der Waals surface area contributed by atoms with Crippen molar-refractivity contribution in [1.82, 2.24) is 4.98 Å². The van der Waals surface area contributed by atoms with E-state index in [0.717, 1.165) is 38.8 Å². The highest BCUT2D eigenvalue weighted by Crippen LogP contribution is 2.45. The number of hydrogen-bond acceptors (Lipinski definition) is 2. The first-order valence-corrected chi connectivity index (χ1v) is 9.08. The minimum atomic E-state index is 0.0219. The zero-order chi connectivity index (χ0) is 16.1. The highest BCUT2D eigenvalue weighted by Gasteiger charge is 2.44. The zero-order valence-electron chi connectivity index (χ0n) is 13.8. The highest BCUT2D eigenvalue weighted by atomic mass is 16.5. The Labute approximate surface area is 142 Å². The number of rotatable bonds is 1. The van der Waals surface area contributed by atoms with E-state index < -0.39 is 0 Å². The molecule has 3 aliphatic rings. The predicted molar refractivity (Wildman–Crippen MR) is 96.9 cm³/mol. The lowest BCUT2D eigenvalue weighted by Gasteiger charge is -2.58. The quantitative estimate of drug-likeness (QED) is 0.575. The molecular formula is C21H22N2O. The molecule has 2 aromatic rings. The molecular weight excluding hydrogens is 296 g/mol. The summed E-state index contributed by atoms with van der Waals surface area (Å²) in [4.78, 5) is 4.45. The number of benzene rings is 1. The van der Waals surface area contributed by atoms with Crippen LogP contribution in [-0.4, -0.2) is 28.8 Å². The number of quaternary nitrogens is 1. The van der Waals surface area contributed by atoms with Gasteiger partial charge < -0.3 is 9.85 Å². The van der Waals surface area contributed by atoms with E-state index in [-0.39, 0.29) is 10.7 Å². The smallest absolute Gasteiger partial charge is 0.117 e. The van der Waals surface area contributed by atoms with Crippen LogP contribution in [0, 0.1) is 11.1 Å². The van der Waals surface area contributed by atoms with E-state index in [0.29, 0.717) is 5.92 Å². The first-order chi connectivity index (χ1) is 11.7. The second-order valence-corrected chi connectivity index (χ2v) is 7.50. The number of hydroxylamine groups is 3. The summed E-state index contributed by atoms with van der Waals surface area (Å²) in [7, 11) is 0. The number of piperidine rings is 2. The Kier molecular flexibility index (Phi) is 3.15. The van der Waals surface area contributed by atoms with Crippen molar-refractivity contribution < 1.29 is 4.65 Å². The van der Waals surface area contributed by atoms with Crippen molar-refractivity contribution >= 4 is 16.3 Å². The van der Waals surface area contributed by atoms with Crippen LogP contribution in [0.4, 0.5) is 0 Å². The van der Waals surface area contributed by atoms with Gasteiger partial charge in [-0.2, -0.15) is 0 Å². The van der Waals surface area contributed by atoms with Crippen LogP contribution in [0.5, 0.6) is 0 Å². The van der Waals surface area contributed by atoms with Crippen LogP contribution in [0.25, 0.3) is 16.3 Å². The summed E-state index contributed by atoms with van der Waals surface area (Å²) in [6, 6.07) is 8.62. The summed E-state index contributed by atoms with van der Waals surface area (Å²) in [5, 5.41) is 15.7. The predicted octanol–water partition coefficient (Wildman–Crippen LogP) is 4.45. The van der Waals surface area contributed by atoms with E-state index >= 15 is 0 Å². The Bertz CT molecular complexity index is 860. The van der Waals surface area contributed by atoms with E-state index in [2.05, 4.69) is 41.4 Å². The van der Waals surface area contributed by atoms with Crippen molar-refractivity contribution in [3.8, 4) is 0 Å². The number of allylic oxidation sites excluding steroid dienone is 2. The van der Waals surface area contributed by atoms with Gasteiger partial charge in [-0.1, -0.05) is 30.3 Å². The molecule has 3 heterocycles.